The van der Waals surface area contributed by atoms with E-state index in [0.717, 1.165) is 11.3 Å². The highest BCUT2D eigenvalue weighted by atomic mass is 35.5. The van der Waals surface area contributed by atoms with Crippen molar-refractivity contribution in [3.05, 3.63) is 28.8 Å². The lowest BCUT2D eigenvalue weighted by Gasteiger charge is -2.09. The summed E-state index contributed by atoms with van der Waals surface area (Å²) in [4.78, 5) is 1.08. The van der Waals surface area contributed by atoms with E-state index in [1.807, 2.05) is 18.2 Å². The highest BCUT2D eigenvalue weighted by Gasteiger charge is 2.06. The lowest BCUT2D eigenvalue weighted by atomic mass is 10.2. The molecule has 1 aromatic rings. The zero-order valence-electron chi connectivity index (χ0n) is 8.34. The molecule has 15 heavy (non-hydrogen) atoms. The Balaban J connectivity index is 2.72. The van der Waals surface area contributed by atoms with Gasteiger partial charge in [0.05, 0.1) is 10.6 Å². The first-order chi connectivity index (χ1) is 7.17. The molecule has 0 aliphatic carbocycles. The van der Waals surface area contributed by atoms with Crippen molar-refractivity contribution < 1.29 is 0 Å². The van der Waals surface area contributed by atoms with Gasteiger partial charge in [-0.15, -0.1) is 23.4 Å². The first kappa shape index (κ1) is 12.7. The quantitative estimate of drug-likeness (QED) is 0.594. The van der Waals surface area contributed by atoms with Crippen LogP contribution < -0.4 is 0 Å². The van der Waals surface area contributed by atoms with E-state index in [9.17, 15) is 0 Å². The van der Waals surface area contributed by atoms with Crippen LogP contribution in [0.15, 0.2) is 23.1 Å². The maximum atomic E-state index is 8.72. The van der Waals surface area contributed by atoms with Gasteiger partial charge in [-0.25, -0.2) is 0 Å². The Hall–Kier alpha value is -0.360. The zero-order chi connectivity index (χ0) is 11.3. The number of nitrogens with zero attached hydrogens (tertiary/aromatic N) is 1. The van der Waals surface area contributed by atoms with Crippen LogP contribution in [-0.4, -0.2) is 11.1 Å². The molecule has 0 fully saturated rings. The van der Waals surface area contributed by atoms with Crippen molar-refractivity contribution >= 4 is 35.0 Å². The van der Waals surface area contributed by atoms with Gasteiger partial charge in [-0.1, -0.05) is 18.5 Å². The van der Waals surface area contributed by atoms with Crippen LogP contribution in [-0.2, 0) is 0 Å². The molecule has 0 aliphatic heterocycles. The topological polar surface area (TPSA) is 23.8 Å². The molecule has 0 amide bonds. The highest BCUT2D eigenvalue weighted by Crippen LogP contribution is 2.29. The maximum absolute atomic E-state index is 8.72. The van der Waals surface area contributed by atoms with Crippen molar-refractivity contribution in [3.8, 4) is 6.07 Å². The lowest BCUT2D eigenvalue weighted by molar-refractivity contribution is 0.912. The van der Waals surface area contributed by atoms with Gasteiger partial charge in [-0.05, 0) is 24.6 Å². The number of rotatable bonds is 4. The van der Waals surface area contributed by atoms with Crippen LogP contribution in [0.25, 0.3) is 0 Å². The van der Waals surface area contributed by atoms with E-state index in [4.69, 9.17) is 28.5 Å². The van der Waals surface area contributed by atoms with E-state index in [2.05, 4.69) is 6.92 Å². The van der Waals surface area contributed by atoms with Gasteiger partial charge in [0.15, 0.2) is 0 Å². The first-order valence-electron chi connectivity index (χ1n) is 4.59. The number of benzene rings is 1. The standard InChI is InChI=1S/C11H11Cl2NS/c1-8(4-5-12)15-10-3-2-9(7-14)11(13)6-10/h2-3,6,8H,4-5H2,1H3. The third-order valence-corrected chi connectivity index (χ3v) is 3.61. The molecule has 0 aliphatic rings. The summed E-state index contributed by atoms with van der Waals surface area (Å²) in [6.07, 6.45) is 0.962. The summed E-state index contributed by atoms with van der Waals surface area (Å²) < 4.78 is 0. The summed E-state index contributed by atoms with van der Waals surface area (Å²) in [6, 6.07) is 7.53. The molecule has 1 nitrogen and oxygen atoms in total. The van der Waals surface area contributed by atoms with Gasteiger partial charge in [0.25, 0.3) is 0 Å². The summed E-state index contributed by atoms with van der Waals surface area (Å²) in [7, 11) is 0. The summed E-state index contributed by atoms with van der Waals surface area (Å²) in [6.45, 7) is 2.12. The average Bonchev–Trinajstić information content (AvgIpc) is 2.18. The second-order valence-electron chi connectivity index (χ2n) is 3.16. The molecular formula is C11H11Cl2NS. The van der Waals surface area contributed by atoms with Crippen LogP contribution in [0, 0.1) is 11.3 Å². The molecule has 0 radical (unpaired) electrons. The number of nitriles is 1. The van der Waals surface area contributed by atoms with Crippen LogP contribution in [0.2, 0.25) is 5.02 Å². The van der Waals surface area contributed by atoms with E-state index < -0.39 is 0 Å². The van der Waals surface area contributed by atoms with Crippen LogP contribution in [0.4, 0.5) is 0 Å². The molecule has 0 saturated carbocycles. The second-order valence-corrected chi connectivity index (χ2v) is 5.46. The maximum Gasteiger partial charge on any atom is 0.101 e. The lowest BCUT2D eigenvalue weighted by Crippen LogP contribution is -1.96. The molecular weight excluding hydrogens is 249 g/mol. The minimum Gasteiger partial charge on any atom is -0.192 e. The molecule has 1 aromatic carbocycles. The van der Waals surface area contributed by atoms with Gasteiger partial charge in [0.2, 0.25) is 0 Å². The summed E-state index contributed by atoms with van der Waals surface area (Å²) in [5.74, 6) is 0.665. The summed E-state index contributed by atoms with van der Waals surface area (Å²) >= 11 is 13.3. The Morgan fingerprint density at radius 3 is 2.80 bits per heavy atom. The van der Waals surface area contributed by atoms with Gasteiger partial charge >= 0.3 is 0 Å². The second kappa shape index (κ2) is 6.27. The monoisotopic (exact) mass is 259 g/mol. The Labute approximate surface area is 104 Å². The Morgan fingerprint density at radius 1 is 1.53 bits per heavy atom. The molecule has 0 aromatic heterocycles. The summed E-state index contributed by atoms with van der Waals surface area (Å²) in [5, 5.41) is 9.70. The Morgan fingerprint density at radius 2 is 2.27 bits per heavy atom. The third kappa shape index (κ3) is 3.95. The van der Waals surface area contributed by atoms with Gasteiger partial charge in [0, 0.05) is 16.0 Å². The largest absolute Gasteiger partial charge is 0.192 e. The number of alkyl halides is 1. The van der Waals surface area contributed by atoms with E-state index in [1.54, 1.807) is 17.8 Å². The predicted octanol–water partition coefficient (Wildman–Crippen LogP) is 4.32. The number of hydrogen-bond acceptors (Lipinski definition) is 2. The van der Waals surface area contributed by atoms with E-state index in [0.29, 0.717) is 21.7 Å². The fraction of sp³-hybridized carbons (Fsp3) is 0.364. The van der Waals surface area contributed by atoms with Gasteiger partial charge in [-0.2, -0.15) is 5.26 Å². The van der Waals surface area contributed by atoms with Crippen molar-refractivity contribution in [3.63, 3.8) is 0 Å². The number of hydrogen-bond donors (Lipinski definition) is 0. The van der Waals surface area contributed by atoms with Crippen molar-refractivity contribution in [2.45, 2.75) is 23.5 Å². The zero-order valence-corrected chi connectivity index (χ0v) is 10.7. The van der Waals surface area contributed by atoms with Crippen LogP contribution in [0.1, 0.15) is 18.9 Å². The minimum absolute atomic E-state index is 0.464. The minimum atomic E-state index is 0.464. The molecule has 4 heteroatoms. The smallest absolute Gasteiger partial charge is 0.101 e. The molecule has 1 atom stereocenters. The molecule has 0 bridgehead atoms. The fourth-order valence-corrected chi connectivity index (χ4v) is 2.88. The molecule has 0 heterocycles. The highest BCUT2D eigenvalue weighted by molar-refractivity contribution is 7.99. The van der Waals surface area contributed by atoms with Crippen LogP contribution in [0.5, 0.6) is 0 Å². The SMILES string of the molecule is CC(CCCl)Sc1ccc(C#N)c(Cl)c1. The van der Waals surface area contributed by atoms with Gasteiger partial charge < -0.3 is 0 Å². The molecule has 0 saturated heterocycles. The van der Waals surface area contributed by atoms with Crippen molar-refractivity contribution in [2.75, 3.05) is 5.88 Å². The van der Waals surface area contributed by atoms with E-state index in [1.165, 1.54) is 0 Å². The van der Waals surface area contributed by atoms with Gasteiger partial charge in [-0.3, -0.25) is 0 Å². The van der Waals surface area contributed by atoms with Crippen LogP contribution >= 0.6 is 35.0 Å². The van der Waals surface area contributed by atoms with E-state index >= 15 is 0 Å². The van der Waals surface area contributed by atoms with Crippen molar-refractivity contribution in [1.82, 2.24) is 0 Å². The third-order valence-electron chi connectivity index (χ3n) is 1.91. The predicted molar refractivity (Wildman–Crippen MR) is 66.8 cm³/mol. The molecule has 1 rings (SSSR count). The Kier molecular flexibility index (Phi) is 5.31. The first-order valence-corrected chi connectivity index (χ1v) is 6.39. The molecule has 0 spiro atoms. The Bertz CT molecular complexity index is 373. The van der Waals surface area contributed by atoms with Gasteiger partial charge in [0.1, 0.15) is 6.07 Å². The van der Waals surface area contributed by atoms with Crippen molar-refractivity contribution in [1.29, 1.82) is 5.26 Å². The number of halogens is 2. The van der Waals surface area contributed by atoms with Crippen LogP contribution in [0.3, 0.4) is 0 Å². The average molecular weight is 260 g/mol. The van der Waals surface area contributed by atoms with Crippen molar-refractivity contribution in [2.24, 2.45) is 0 Å². The van der Waals surface area contributed by atoms with E-state index in [-0.39, 0.29) is 0 Å². The number of thioether (sulfide) groups is 1. The normalized spacial score (nSPS) is 12.1. The molecule has 0 N–H and O–H groups in total. The molecule has 80 valence electrons. The molecule has 1 unspecified atom stereocenters. The fourth-order valence-electron chi connectivity index (χ4n) is 1.10. The summed E-state index contributed by atoms with van der Waals surface area (Å²) in [5.41, 5.74) is 0.519.